The number of rotatable bonds is 1. The lowest BCUT2D eigenvalue weighted by Gasteiger charge is -2.32. The molecule has 1 saturated heterocycles. The van der Waals surface area contributed by atoms with E-state index in [0.29, 0.717) is 19.5 Å². The minimum Gasteiger partial charge on any atom is -0.464 e. The van der Waals surface area contributed by atoms with E-state index in [4.69, 9.17) is 16.2 Å². The Morgan fingerprint density at radius 3 is 2.83 bits per heavy atom. The maximum absolute atomic E-state index is 10.4. The predicted molar refractivity (Wildman–Crippen MR) is 40.4 cm³/mol. The van der Waals surface area contributed by atoms with Crippen molar-refractivity contribution in [1.82, 2.24) is 10.1 Å². The zero-order valence-corrected chi connectivity index (χ0v) is 6.68. The third-order valence-electron chi connectivity index (χ3n) is 1.99. The van der Waals surface area contributed by atoms with Gasteiger partial charge in [-0.05, 0) is 12.8 Å². The molecule has 1 aliphatic rings. The first-order valence-corrected chi connectivity index (χ1v) is 3.82. The van der Waals surface area contributed by atoms with Crippen LogP contribution in [0.3, 0.4) is 0 Å². The quantitative estimate of drug-likeness (QED) is 0.289. The predicted octanol–water partition coefficient (Wildman–Crippen LogP) is -0.306. The lowest BCUT2D eigenvalue weighted by atomic mass is 10.1. The van der Waals surface area contributed by atoms with Gasteiger partial charge in [-0.25, -0.2) is 15.6 Å². The lowest BCUT2D eigenvalue weighted by molar-refractivity contribution is -0.120. The molecule has 0 spiro atoms. The van der Waals surface area contributed by atoms with Crippen molar-refractivity contribution in [3.05, 3.63) is 0 Å². The minimum absolute atomic E-state index is 0.291. The van der Waals surface area contributed by atoms with Crippen LogP contribution in [-0.2, 0) is 0 Å². The summed E-state index contributed by atoms with van der Waals surface area (Å²) in [6.45, 7) is 0.882. The van der Waals surface area contributed by atoms with Crippen molar-refractivity contribution in [2.24, 2.45) is 5.84 Å². The zero-order valence-electron chi connectivity index (χ0n) is 6.68. The van der Waals surface area contributed by atoms with Crippen molar-refractivity contribution in [1.29, 1.82) is 0 Å². The summed E-state index contributed by atoms with van der Waals surface area (Å²) in [6.07, 6.45) is 0.317. The zero-order chi connectivity index (χ0) is 9.14. The van der Waals surface area contributed by atoms with Crippen LogP contribution in [0.2, 0.25) is 0 Å². The summed E-state index contributed by atoms with van der Waals surface area (Å²) in [5.41, 5.74) is 0. The monoisotopic (exact) mass is 175 g/mol. The number of carbonyl (C=O) groups is 1. The Balaban J connectivity index is 2.45. The first kappa shape index (κ1) is 9.24. The number of nitrogens with zero attached hydrogens (tertiary/aromatic N) is 2. The summed E-state index contributed by atoms with van der Waals surface area (Å²) in [5.74, 6) is 5.25. The normalized spacial score (nSPS) is 25.3. The van der Waals surface area contributed by atoms with E-state index < -0.39 is 6.09 Å². The third-order valence-corrected chi connectivity index (χ3v) is 1.99. The maximum atomic E-state index is 10.4. The van der Waals surface area contributed by atoms with Crippen molar-refractivity contribution >= 4 is 6.09 Å². The van der Waals surface area contributed by atoms with Crippen LogP contribution in [0.4, 0.5) is 4.79 Å². The van der Waals surface area contributed by atoms with Gasteiger partial charge in [0, 0.05) is 13.1 Å². The van der Waals surface area contributed by atoms with Crippen molar-refractivity contribution in [3.8, 4) is 0 Å². The number of hydrogen-bond donors (Lipinski definition) is 3. The summed E-state index contributed by atoms with van der Waals surface area (Å²) < 4.78 is 0. The highest BCUT2D eigenvalue weighted by atomic mass is 16.5. The second-order valence-corrected chi connectivity index (χ2v) is 2.90. The summed E-state index contributed by atoms with van der Waals surface area (Å²) in [4.78, 5) is 10.4. The lowest BCUT2D eigenvalue weighted by Crippen LogP contribution is -2.52. The standard InChI is InChI=1S/C6H13N3O3/c7-9(6(10)11)5-2-1-3-8(12)4-5/h5,12H,1-4,7H2,(H,10,11). The Morgan fingerprint density at radius 2 is 2.33 bits per heavy atom. The van der Waals surface area contributed by atoms with Crippen LogP contribution < -0.4 is 5.84 Å². The topological polar surface area (TPSA) is 90.0 Å². The first-order valence-electron chi connectivity index (χ1n) is 3.82. The molecule has 0 radical (unpaired) electrons. The van der Waals surface area contributed by atoms with Gasteiger partial charge in [0.25, 0.3) is 0 Å². The average Bonchev–Trinajstić information content (AvgIpc) is 2.03. The highest BCUT2D eigenvalue weighted by Gasteiger charge is 2.25. The Morgan fingerprint density at radius 1 is 1.67 bits per heavy atom. The number of hydrogen-bond acceptors (Lipinski definition) is 4. The van der Waals surface area contributed by atoms with E-state index in [1.54, 1.807) is 0 Å². The number of piperidine rings is 1. The molecule has 4 N–H and O–H groups in total. The number of nitrogens with two attached hydrogens (primary N) is 1. The third kappa shape index (κ3) is 2.07. The fourth-order valence-electron chi connectivity index (χ4n) is 1.32. The van der Waals surface area contributed by atoms with E-state index in [-0.39, 0.29) is 6.04 Å². The van der Waals surface area contributed by atoms with Gasteiger partial charge >= 0.3 is 6.09 Å². The largest absolute Gasteiger partial charge is 0.464 e. The van der Waals surface area contributed by atoms with Crippen LogP contribution in [0.5, 0.6) is 0 Å². The van der Waals surface area contributed by atoms with E-state index in [2.05, 4.69) is 0 Å². The molecule has 1 rings (SSSR count). The van der Waals surface area contributed by atoms with Crippen LogP contribution in [0, 0.1) is 0 Å². The molecule has 0 aliphatic carbocycles. The molecule has 1 amide bonds. The van der Waals surface area contributed by atoms with Crippen LogP contribution in [-0.4, -0.2) is 45.6 Å². The van der Waals surface area contributed by atoms with E-state index in [1.807, 2.05) is 0 Å². The van der Waals surface area contributed by atoms with Gasteiger partial charge in [-0.15, -0.1) is 0 Å². The van der Waals surface area contributed by atoms with Gasteiger partial charge in [0.1, 0.15) is 0 Å². The molecule has 1 aliphatic heterocycles. The van der Waals surface area contributed by atoms with E-state index in [1.165, 1.54) is 0 Å². The SMILES string of the molecule is NN(C(=O)O)C1CCCN(O)C1. The molecule has 6 nitrogen and oxygen atoms in total. The molecular weight excluding hydrogens is 162 g/mol. The molecular formula is C6H13N3O3. The van der Waals surface area contributed by atoms with Gasteiger partial charge in [0.05, 0.1) is 6.04 Å². The van der Waals surface area contributed by atoms with Gasteiger partial charge in [0.2, 0.25) is 0 Å². The smallest absolute Gasteiger partial charge is 0.421 e. The molecule has 70 valence electrons. The Kier molecular flexibility index (Phi) is 2.85. The summed E-state index contributed by atoms with van der Waals surface area (Å²) in [7, 11) is 0. The van der Waals surface area contributed by atoms with Crippen LogP contribution in [0.25, 0.3) is 0 Å². The van der Waals surface area contributed by atoms with Gasteiger partial charge in [-0.2, -0.15) is 5.06 Å². The van der Waals surface area contributed by atoms with Crippen LogP contribution in [0.15, 0.2) is 0 Å². The van der Waals surface area contributed by atoms with Crippen molar-refractivity contribution < 1.29 is 15.1 Å². The van der Waals surface area contributed by atoms with Gasteiger partial charge in [0.15, 0.2) is 0 Å². The summed E-state index contributed by atoms with van der Waals surface area (Å²) in [5, 5.41) is 19.4. The Bertz CT molecular complexity index is 175. The van der Waals surface area contributed by atoms with Crippen molar-refractivity contribution in [2.75, 3.05) is 13.1 Å². The molecule has 1 atom stereocenters. The number of hydroxylamine groups is 2. The highest BCUT2D eigenvalue weighted by molar-refractivity contribution is 5.64. The summed E-state index contributed by atoms with van der Waals surface area (Å²) in [6, 6.07) is -0.291. The number of hydrazine groups is 1. The number of amides is 1. The molecule has 12 heavy (non-hydrogen) atoms. The Hall–Kier alpha value is -0.850. The van der Waals surface area contributed by atoms with Crippen LogP contribution >= 0.6 is 0 Å². The Labute approximate surface area is 70.1 Å². The molecule has 0 aromatic rings. The summed E-state index contributed by atoms with van der Waals surface area (Å²) >= 11 is 0. The first-order chi connectivity index (χ1) is 5.61. The average molecular weight is 175 g/mol. The van der Waals surface area contributed by atoms with Gasteiger partial charge < -0.3 is 10.3 Å². The molecule has 0 bridgehead atoms. The second kappa shape index (κ2) is 3.70. The van der Waals surface area contributed by atoms with E-state index >= 15 is 0 Å². The fraction of sp³-hybridized carbons (Fsp3) is 0.833. The van der Waals surface area contributed by atoms with Gasteiger partial charge in [-0.3, -0.25) is 0 Å². The van der Waals surface area contributed by atoms with Crippen molar-refractivity contribution in [2.45, 2.75) is 18.9 Å². The van der Waals surface area contributed by atoms with E-state index in [9.17, 15) is 4.79 Å². The molecule has 0 aromatic carbocycles. The fourth-order valence-corrected chi connectivity index (χ4v) is 1.32. The van der Waals surface area contributed by atoms with E-state index in [0.717, 1.165) is 16.5 Å². The van der Waals surface area contributed by atoms with Gasteiger partial charge in [-0.1, -0.05) is 0 Å². The highest BCUT2D eigenvalue weighted by Crippen LogP contribution is 2.11. The molecule has 0 saturated carbocycles. The molecule has 1 heterocycles. The van der Waals surface area contributed by atoms with Crippen molar-refractivity contribution in [3.63, 3.8) is 0 Å². The molecule has 0 aromatic heterocycles. The molecule has 6 heteroatoms. The minimum atomic E-state index is -1.16. The molecule has 1 unspecified atom stereocenters. The second-order valence-electron chi connectivity index (χ2n) is 2.90. The maximum Gasteiger partial charge on any atom is 0.421 e. The molecule has 1 fully saturated rings. The van der Waals surface area contributed by atoms with Crippen LogP contribution in [0.1, 0.15) is 12.8 Å². The number of carboxylic acid groups (broad SMARTS) is 1.